The topological polar surface area (TPSA) is 98.4 Å². The molecule has 0 radical (unpaired) electrons. The molecule has 9 nitrogen and oxygen atoms in total. The molecule has 1 fully saturated rings. The van der Waals surface area contributed by atoms with Gasteiger partial charge in [0.25, 0.3) is 0 Å². The molecule has 1 aliphatic heterocycles. The molecule has 1 aromatic carbocycles. The summed E-state index contributed by atoms with van der Waals surface area (Å²) < 4.78 is 16.8. The number of oxazole rings is 1. The van der Waals surface area contributed by atoms with Gasteiger partial charge in [-0.3, -0.25) is 0 Å². The summed E-state index contributed by atoms with van der Waals surface area (Å²) in [4.78, 5) is 21.0. The number of aromatic nitrogens is 4. The van der Waals surface area contributed by atoms with Gasteiger partial charge in [0.1, 0.15) is 22.7 Å². The van der Waals surface area contributed by atoms with Crippen LogP contribution in [-0.4, -0.2) is 53.3 Å². The first-order valence-corrected chi connectivity index (χ1v) is 11.8. The number of benzene rings is 1. The average Bonchev–Trinajstić information content (AvgIpc) is 3.21. The molecule has 1 saturated heterocycles. The largest absolute Gasteiger partial charge is 0.495 e. The lowest BCUT2D eigenvalue weighted by Crippen LogP contribution is -2.37. The number of pyridine rings is 1. The van der Waals surface area contributed by atoms with Crippen molar-refractivity contribution in [1.29, 1.82) is 0 Å². The Morgan fingerprint density at radius 3 is 2.51 bits per heavy atom. The highest BCUT2D eigenvalue weighted by molar-refractivity contribution is 5.89. The summed E-state index contributed by atoms with van der Waals surface area (Å²) in [6, 6.07) is 7.87. The Kier molecular flexibility index (Phi) is 6.25. The predicted molar refractivity (Wildman–Crippen MR) is 136 cm³/mol. The van der Waals surface area contributed by atoms with Gasteiger partial charge in [0.2, 0.25) is 5.95 Å². The minimum atomic E-state index is 0.301. The fourth-order valence-corrected chi connectivity index (χ4v) is 4.60. The molecular weight excluding hydrogens is 444 g/mol. The number of anilines is 3. The first kappa shape index (κ1) is 23.0. The Morgan fingerprint density at radius 1 is 1.03 bits per heavy atom. The molecule has 182 valence electrons. The second kappa shape index (κ2) is 9.50. The number of hydrogen-bond donors (Lipinski definition) is 1. The van der Waals surface area contributed by atoms with Crippen LogP contribution in [0.3, 0.4) is 0 Å². The second-order valence-electron chi connectivity index (χ2n) is 8.82. The van der Waals surface area contributed by atoms with Gasteiger partial charge in [-0.05, 0) is 44.9 Å². The van der Waals surface area contributed by atoms with E-state index >= 15 is 0 Å². The number of fused-ring (bicyclic) bond motifs is 1. The summed E-state index contributed by atoms with van der Waals surface area (Å²) >= 11 is 0. The highest BCUT2D eigenvalue weighted by Gasteiger charge is 2.22. The Labute approximate surface area is 204 Å². The van der Waals surface area contributed by atoms with Crippen LogP contribution in [0.1, 0.15) is 30.2 Å². The summed E-state index contributed by atoms with van der Waals surface area (Å²) in [5.74, 6) is 3.44. The van der Waals surface area contributed by atoms with E-state index in [4.69, 9.17) is 23.9 Å². The molecule has 3 aromatic heterocycles. The Hall–Kier alpha value is -3.72. The monoisotopic (exact) mass is 474 g/mol. The Balaban J connectivity index is 1.46. The van der Waals surface area contributed by atoms with Crippen LogP contribution in [0.2, 0.25) is 0 Å². The number of ether oxygens (including phenoxy) is 2. The van der Waals surface area contributed by atoms with E-state index in [1.807, 2.05) is 51.2 Å². The van der Waals surface area contributed by atoms with Crippen LogP contribution < -0.4 is 15.0 Å². The van der Waals surface area contributed by atoms with E-state index in [0.717, 1.165) is 71.1 Å². The van der Waals surface area contributed by atoms with Crippen LogP contribution in [0.4, 0.5) is 17.5 Å². The lowest BCUT2D eigenvalue weighted by Gasteiger charge is -2.32. The van der Waals surface area contributed by atoms with E-state index in [1.54, 1.807) is 14.2 Å². The van der Waals surface area contributed by atoms with Crippen molar-refractivity contribution < 1.29 is 13.9 Å². The van der Waals surface area contributed by atoms with E-state index < -0.39 is 0 Å². The third-order valence-corrected chi connectivity index (χ3v) is 6.38. The molecule has 0 unspecified atom stereocenters. The van der Waals surface area contributed by atoms with Crippen LogP contribution in [0, 0.1) is 20.8 Å². The zero-order chi connectivity index (χ0) is 24.5. The number of aryl methyl sites for hydroxylation is 3. The SMILES string of the molecule is COc1cc(-c2nc(C)oc2C)ccc1Nc1ncc2cc(C)nc(N3CCC(OC)CC3)c2n1. The van der Waals surface area contributed by atoms with Crippen LogP contribution in [0.15, 0.2) is 34.9 Å². The van der Waals surface area contributed by atoms with E-state index in [-0.39, 0.29) is 0 Å². The normalized spacial score (nSPS) is 14.5. The van der Waals surface area contributed by atoms with Crippen molar-refractivity contribution in [3.8, 4) is 17.0 Å². The molecule has 0 amide bonds. The zero-order valence-electron chi connectivity index (χ0n) is 20.8. The van der Waals surface area contributed by atoms with Crippen molar-refractivity contribution in [2.24, 2.45) is 0 Å². The quantitative estimate of drug-likeness (QED) is 0.415. The highest BCUT2D eigenvalue weighted by Crippen LogP contribution is 2.34. The number of nitrogens with one attached hydrogen (secondary N) is 1. The zero-order valence-corrected chi connectivity index (χ0v) is 20.8. The van der Waals surface area contributed by atoms with Gasteiger partial charge < -0.3 is 24.1 Å². The predicted octanol–water partition coefficient (Wildman–Crippen LogP) is 4.97. The first-order chi connectivity index (χ1) is 16.9. The first-order valence-electron chi connectivity index (χ1n) is 11.8. The summed E-state index contributed by atoms with van der Waals surface area (Å²) in [5, 5.41) is 4.28. The number of hydrogen-bond acceptors (Lipinski definition) is 9. The van der Waals surface area contributed by atoms with Gasteiger partial charge in [-0.15, -0.1) is 0 Å². The fourth-order valence-electron chi connectivity index (χ4n) is 4.60. The molecule has 35 heavy (non-hydrogen) atoms. The number of methoxy groups -OCH3 is 2. The van der Waals surface area contributed by atoms with Crippen LogP contribution in [-0.2, 0) is 4.74 Å². The van der Waals surface area contributed by atoms with Gasteiger partial charge in [-0.25, -0.2) is 19.9 Å². The average molecular weight is 475 g/mol. The van der Waals surface area contributed by atoms with Gasteiger partial charge in [0.15, 0.2) is 11.7 Å². The van der Waals surface area contributed by atoms with Gasteiger partial charge >= 0.3 is 0 Å². The minimum absolute atomic E-state index is 0.301. The molecule has 9 heteroatoms. The summed E-state index contributed by atoms with van der Waals surface area (Å²) in [7, 11) is 3.42. The Morgan fingerprint density at radius 2 is 1.83 bits per heavy atom. The Bertz CT molecular complexity index is 1360. The van der Waals surface area contributed by atoms with E-state index in [0.29, 0.717) is 23.7 Å². The van der Waals surface area contributed by atoms with Crippen molar-refractivity contribution in [3.63, 3.8) is 0 Å². The summed E-state index contributed by atoms with van der Waals surface area (Å²) in [6.45, 7) is 7.51. The van der Waals surface area contributed by atoms with Crippen molar-refractivity contribution in [2.75, 3.05) is 37.5 Å². The van der Waals surface area contributed by atoms with Crippen LogP contribution in [0.25, 0.3) is 22.2 Å². The third-order valence-electron chi connectivity index (χ3n) is 6.38. The van der Waals surface area contributed by atoms with Gasteiger partial charge in [-0.2, -0.15) is 0 Å². The highest BCUT2D eigenvalue weighted by atomic mass is 16.5. The summed E-state index contributed by atoms with van der Waals surface area (Å²) in [6.07, 6.45) is 4.08. The van der Waals surface area contributed by atoms with Crippen LogP contribution in [0.5, 0.6) is 5.75 Å². The maximum absolute atomic E-state index is 5.66. The van der Waals surface area contributed by atoms with Crippen molar-refractivity contribution in [1.82, 2.24) is 19.9 Å². The maximum Gasteiger partial charge on any atom is 0.227 e. The van der Waals surface area contributed by atoms with E-state index in [9.17, 15) is 0 Å². The maximum atomic E-state index is 5.66. The number of rotatable bonds is 6. The molecular formula is C26H30N6O3. The molecule has 0 bridgehead atoms. The van der Waals surface area contributed by atoms with Crippen molar-refractivity contribution >= 4 is 28.4 Å². The second-order valence-corrected chi connectivity index (χ2v) is 8.82. The molecule has 0 aliphatic carbocycles. The smallest absolute Gasteiger partial charge is 0.227 e. The van der Waals surface area contributed by atoms with E-state index in [2.05, 4.69) is 20.2 Å². The number of piperidine rings is 1. The summed E-state index contributed by atoms with van der Waals surface area (Å²) in [5.41, 5.74) is 4.26. The van der Waals surface area contributed by atoms with Gasteiger partial charge in [0.05, 0.1) is 18.9 Å². The molecule has 0 saturated carbocycles. The molecule has 0 spiro atoms. The lowest BCUT2D eigenvalue weighted by atomic mass is 10.1. The van der Waals surface area contributed by atoms with Gasteiger partial charge in [-0.1, -0.05) is 6.07 Å². The lowest BCUT2D eigenvalue weighted by molar-refractivity contribution is 0.0818. The minimum Gasteiger partial charge on any atom is -0.495 e. The van der Waals surface area contributed by atoms with E-state index in [1.165, 1.54) is 0 Å². The van der Waals surface area contributed by atoms with Crippen LogP contribution >= 0.6 is 0 Å². The molecule has 4 aromatic rings. The van der Waals surface area contributed by atoms with Crippen molar-refractivity contribution in [2.45, 2.75) is 39.7 Å². The third kappa shape index (κ3) is 4.64. The number of nitrogens with zero attached hydrogens (tertiary/aromatic N) is 5. The molecule has 4 heterocycles. The standard InChI is InChI=1S/C26H30N6O3/c1-15-12-19-14-27-26(31-24(19)25(28-15)32-10-8-20(33-4)9-11-32)30-21-7-6-18(13-22(21)34-5)23-16(2)35-17(3)29-23/h6-7,12-14,20H,8-11H2,1-5H3,(H,27,30,31). The molecule has 1 aliphatic rings. The van der Waals surface area contributed by atoms with Crippen molar-refractivity contribution in [3.05, 3.63) is 47.8 Å². The van der Waals surface area contributed by atoms with Gasteiger partial charge in [0, 0.05) is 50.0 Å². The fraction of sp³-hybridized carbons (Fsp3) is 0.385. The molecule has 0 atom stereocenters. The molecule has 1 N–H and O–H groups in total. The molecule has 5 rings (SSSR count).